The van der Waals surface area contributed by atoms with Crippen molar-refractivity contribution in [3.05, 3.63) is 35.0 Å². The summed E-state index contributed by atoms with van der Waals surface area (Å²) in [7, 11) is 0. The summed E-state index contributed by atoms with van der Waals surface area (Å²) in [6, 6.07) is 9.95. The molecule has 4 nitrogen and oxygen atoms in total. The van der Waals surface area contributed by atoms with E-state index < -0.39 is 0 Å². The van der Waals surface area contributed by atoms with Crippen LogP contribution in [0.2, 0.25) is 0 Å². The highest BCUT2D eigenvalue weighted by Crippen LogP contribution is 2.27. The highest BCUT2D eigenvalue weighted by molar-refractivity contribution is 7.19. The summed E-state index contributed by atoms with van der Waals surface area (Å²) in [6.07, 6.45) is 2.45. The number of hydrogen-bond acceptors (Lipinski definition) is 4. The fourth-order valence-electron chi connectivity index (χ4n) is 3.10. The molecule has 1 saturated heterocycles. The predicted molar refractivity (Wildman–Crippen MR) is 88.7 cm³/mol. The van der Waals surface area contributed by atoms with Crippen LogP contribution in [0.25, 0.3) is 15.8 Å². The zero-order valence-corrected chi connectivity index (χ0v) is 13.5. The third-order valence-corrected chi connectivity index (χ3v) is 5.24. The molecule has 1 fully saturated rings. The summed E-state index contributed by atoms with van der Waals surface area (Å²) in [5.74, 6) is 0.857. The van der Waals surface area contributed by atoms with E-state index in [-0.39, 0.29) is 5.76 Å². The van der Waals surface area contributed by atoms with Gasteiger partial charge in [-0.25, -0.2) is 4.98 Å². The van der Waals surface area contributed by atoms with Crippen molar-refractivity contribution in [2.75, 3.05) is 19.6 Å². The molecule has 3 rings (SSSR count). The summed E-state index contributed by atoms with van der Waals surface area (Å²) in [5.41, 5.74) is 1.20. The molecule has 1 aromatic heterocycles. The van der Waals surface area contributed by atoms with Gasteiger partial charge in [-0.05, 0) is 25.0 Å². The second-order valence-electron chi connectivity index (χ2n) is 6.05. The van der Waals surface area contributed by atoms with Gasteiger partial charge in [0, 0.05) is 5.92 Å². The molecule has 0 amide bonds. The molecule has 0 radical (unpaired) electrons. The van der Waals surface area contributed by atoms with E-state index in [2.05, 4.69) is 18.0 Å². The van der Waals surface area contributed by atoms with Gasteiger partial charge in [0.25, 0.3) is 0 Å². The molecule has 114 valence electrons. The van der Waals surface area contributed by atoms with E-state index in [9.17, 15) is 10.4 Å². The first-order valence-corrected chi connectivity index (χ1v) is 8.50. The number of likely N-dealkylation sites (tertiary alicyclic amines) is 1. The Bertz CT molecular complexity index is 711. The van der Waals surface area contributed by atoms with Gasteiger partial charge in [0.1, 0.15) is 23.2 Å². The summed E-state index contributed by atoms with van der Waals surface area (Å²) in [4.78, 5) is 5.83. The van der Waals surface area contributed by atoms with Gasteiger partial charge in [0.05, 0.1) is 23.3 Å². The molecule has 0 bridgehead atoms. The van der Waals surface area contributed by atoms with E-state index >= 15 is 0 Å². The largest absolute Gasteiger partial charge is 0.506 e. The fraction of sp³-hybridized carbons (Fsp3) is 0.412. The molecule has 2 N–H and O–H groups in total. The number of aromatic nitrogens is 1. The standard InChI is InChI=1S/C17H19N3OS/c1-12-5-4-8-20(10-12)11-15(21)13(9-18)17-19-14-6-2-3-7-16(14)22-17/h2-3,6-7,12,21H,4-5,8,10-11H2,1H3/p+1/b15-13-. The number of fused-ring (bicyclic) bond motifs is 1. The van der Waals surface area contributed by atoms with Crippen molar-refractivity contribution in [2.45, 2.75) is 19.8 Å². The minimum atomic E-state index is 0.172. The molecule has 2 heterocycles. The predicted octanol–water partition coefficient (Wildman–Crippen LogP) is 2.40. The van der Waals surface area contributed by atoms with E-state index in [4.69, 9.17) is 0 Å². The lowest BCUT2D eigenvalue weighted by molar-refractivity contribution is -0.905. The van der Waals surface area contributed by atoms with E-state index in [1.807, 2.05) is 24.3 Å². The number of hydrogen-bond donors (Lipinski definition) is 2. The van der Waals surface area contributed by atoms with Crippen LogP contribution in [-0.2, 0) is 0 Å². The van der Waals surface area contributed by atoms with E-state index in [0.29, 0.717) is 23.0 Å². The van der Waals surface area contributed by atoms with Crippen LogP contribution in [0.4, 0.5) is 0 Å². The number of nitrogens with one attached hydrogen (secondary N) is 1. The lowest BCUT2D eigenvalue weighted by Gasteiger charge is -2.27. The van der Waals surface area contributed by atoms with E-state index in [1.54, 1.807) is 0 Å². The summed E-state index contributed by atoms with van der Waals surface area (Å²) >= 11 is 1.46. The minimum Gasteiger partial charge on any atom is -0.506 e. The summed E-state index contributed by atoms with van der Waals surface area (Å²) in [6.45, 7) is 4.89. The van der Waals surface area contributed by atoms with Crippen LogP contribution >= 0.6 is 11.3 Å². The first kappa shape index (κ1) is 15.0. The Labute approximate surface area is 134 Å². The van der Waals surface area contributed by atoms with Gasteiger partial charge in [0.2, 0.25) is 0 Å². The normalized spacial score (nSPS) is 23.1. The number of thiazole rings is 1. The number of benzene rings is 1. The average molecular weight is 314 g/mol. The molecule has 22 heavy (non-hydrogen) atoms. The van der Waals surface area contributed by atoms with Crippen molar-refractivity contribution in [1.82, 2.24) is 4.98 Å². The Kier molecular flexibility index (Phi) is 4.41. The highest BCUT2D eigenvalue weighted by atomic mass is 32.1. The monoisotopic (exact) mass is 314 g/mol. The summed E-state index contributed by atoms with van der Waals surface area (Å²) < 4.78 is 1.04. The smallest absolute Gasteiger partial charge is 0.168 e. The van der Waals surface area contributed by atoms with Gasteiger partial charge in [-0.15, -0.1) is 11.3 Å². The Morgan fingerprint density at radius 2 is 2.32 bits per heavy atom. The van der Waals surface area contributed by atoms with Crippen LogP contribution in [0.15, 0.2) is 30.0 Å². The molecule has 0 saturated carbocycles. The van der Waals surface area contributed by atoms with Crippen LogP contribution in [-0.4, -0.2) is 29.7 Å². The van der Waals surface area contributed by atoms with Crippen molar-refractivity contribution in [2.24, 2.45) is 5.92 Å². The molecule has 1 aliphatic heterocycles. The summed E-state index contributed by atoms with van der Waals surface area (Å²) in [5, 5.41) is 20.5. The molecule has 2 unspecified atom stereocenters. The second kappa shape index (κ2) is 6.47. The van der Waals surface area contributed by atoms with Crippen LogP contribution in [0.5, 0.6) is 0 Å². The number of allylic oxidation sites excluding steroid dienone is 1. The van der Waals surface area contributed by atoms with Gasteiger partial charge in [-0.1, -0.05) is 19.1 Å². The molecule has 1 aromatic carbocycles. The quantitative estimate of drug-likeness (QED) is 0.675. The topological polar surface area (TPSA) is 61.4 Å². The van der Waals surface area contributed by atoms with Crippen LogP contribution in [0, 0.1) is 17.2 Å². The number of piperidine rings is 1. The van der Waals surface area contributed by atoms with Crippen LogP contribution < -0.4 is 4.90 Å². The van der Waals surface area contributed by atoms with E-state index in [1.165, 1.54) is 29.1 Å². The van der Waals surface area contributed by atoms with Crippen molar-refractivity contribution in [3.8, 4) is 6.07 Å². The molecular weight excluding hydrogens is 294 g/mol. The molecule has 1 aliphatic rings. The SMILES string of the molecule is CC1CCC[NH+](C/C(O)=C(\C#N)c2nc3ccccc3s2)C1. The second-order valence-corrected chi connectivity index (χ2v) is 7.08. The Morgan fingerprint density at radius 1 is 1.50 bits per heavy atom. The number of para-hydroxylation sites is 1. The molecule has 5 heteroatoms. The first-order valence-electron chi connectivity index (χ1n) is 7.69. The molecule has 0 spiro atoms. The maximum absolute atomic E-state index is 10.4. The van der Waals surface area contributed by atoms with Crippen molar-refractivity contribution >= 4 is 27.1 Å². The van der Waals surface area contributed by atoms with Gasteiger partial charge in [-0.2, -0.15) is 5.26 Å². The Balaban J connectivity index is 1.86. The van der Waals surface area contributed by atoms with Gasteiger partial charge in [0.15, 0.2) is 5.76 Å². The number of rotatable bonds is 3. The van der Waals surface area contributed by atoms with Crippen LogP contribution in [0.3, 0.4) is 0 Å². The zero-order chi connectivity index (χ0) is 15.5. The number of aliphatic hydroxyl groups excluding tert-OH is 1. The van der Waals surface area contributed by atoms with Crippen molar-refractivity contribution in [3.63, 3.8) is 0 Å². The zero-order valence-electron chi connectivity index (χ0n) is 12.7. The van der Waals surface area contributed by atoms with Crippen molar-refractivity contribution in [1.29, 1.82) is 5.26 Å². The maximum atomic E-state index is 10.4. The number of aliphatic hydroxyl groups is 1. The highest BCUT2D eigenvalue weighted by Gasteiger charge is 2.23. The van der Waals surface area contributed by atoms with Gasteiger partial charge in [-0.3, -0.25) is 0 Å². The third kappa shape index (κ3) is 3.13. The number of nitrogens with zero attached hydrogens (tertiary/aromatic N) is 2. The van der Waals surface area contributed by atoms with Crippen LogP contribution in [0.1, 0.15) is 24.8 Å². The molecule has 2 atom stereocenters. The molecule has 2 aromatic rings. The van der Waals surface area contributed by atoms with Gasteiger partial charge < -0.3 is 10.0 Å². The lowest BCUT2D eigenvalue weighted by atomic mass is 10.0. The van der Waals surface area contributed by atoms with Crippen molar-refractivity contribution < 1.29 is 10.0 Å². The number of quaternary nitrogens is 1. The molecule has 0 aliphatic carbocycles. The Morgan fingerprint density at radius 3 is 3.05 bits per heavy atom. The lowest BCUT2D eigenvalue weighted by Crippen LogP contribution is -3.13. The Hall–Kier alpha value is -1.90. The van der Waals surface area contributed by atoms with E-state index in [0.717, 1.165) is 23.3 Å². The number of nitriles is 1. The first-order chi connectivity index (χ1) is 10.7. The maximum Gasteiger partial charge on any atom is 0.168 e. The van der Waals surface area contributed by atoms with Gasteiger partial charge >= 0.3 is 0 Å². The minimum absolute atomic E-state index is 0.172. The molecular formula is C17H20N3OS+. The average Bonchev–Trinajstić information content (AvgIpc) is 2.91. The third-order valence-electron chi connectivity index (χ3n) is 4.19. The fourth-order valence-corrected chi connectivity index (χ4v) is 4.08.